The number of aryl methyl sites for hydroxylation is 1. The Balaban J connectivity index is 3.26. The van der Waals surface area contributed by atoms with Crippen molar-refractivity contribution in [3.63, 3.8) is 0 Å². The van der Waals surface area contributed by atoms with Crippen LogP contribution < -0.4 is 16.0 Å². The Bertz CT molecular complexity index is 426. The molecule has 0 saturated carbocycles. The lowest BCUT2D eigenvalue weighted by molar-refractivity contribution is -0.0388. The van der Waals surface area contributed by atoms with E-state index in [1.807, 2.05) is 11.6 Å². The molecule has 1 aromatic rings. The van der Waals surface area contributed by atoms with Gasteiger partial charge in [-0.2, -0.15) is 5.10 Å². The van der Waals surface area contributed by atoms with Crippen LogP contribution in [0.1, 0.15) is 52.8 Å². The average molecular weight is 298 g/mol. The summed E-state index contributed by atoms with van der Waals surface area (Å²) in [5.74, 6) is 6.59. The van der Waals surface area contributed by atoms with E-state index >= 15 is 0 Å². The highest BCUT2D eigenvalue weighted by Gasteiger charge is 2.37. The van der Waals surface area contributed by atoms with Crippen LogP contribution in [-0.4, -0.2) is 29.6 Å². The highest BCUT2D eigenvalue weighted by atomic mass is 16.5. The Kier molecular flexibility index (Phi) is 6.64. The molecule has 0 saturated heterocycles. The van der Waals surface area contributed by atoms with E-state index in [2.05, 4.69) is 38.2 Å². The van der Waals surface area contributed by atoms with Crippen LogP contribution >= 0.6 is 0 Å². The normalized spacial score (nSPS) is 15.0. The van der Waals surface area contributed by atoms with Crippen LogP contribution in [-0.2, 0) is 11.3 Å². The molecule has 0 aliphatic heterocycles. The highest BCUT2D eigenvalue weighted by molar-refractivity contribution is 5.29. The summed E-state index contributed by atoms with van der Waals surface area (Å²) in [4.78, 5) is 0. The van der Waals surface area contributed by atoms with Gasteiger partial charge in [-0.3, -0.25) is 10.5 Å². The Morgan fingerprint density at radius 2 is 2.05 bits per heavy atom. The van der Waals surface area contributed by atoms with Crippen LogP contribution in [0.2, 0.25) is 0 Å². The predicted molar refractivity (Wildman–Crippen MR) is 84.0 cm³/mol. The zero-order valence-electron chi connectivity index (χ0n) is 14.1. The lowest BCUT2D eigenvalue weighted by Gasteiger charge is -2.36. The third-order valence-electron chi connectivity index (χ3n) is 3.48. The lowest BCUT2D eigenvalue weighted by atomic mass is 9.83. The first kappa shape index (κ1) is 17.9. The number of nitrogens with zero attached hydrogens (tertiary/aromatic N) is 2. The summed E-state index contributed by atoms with van der Waals surface area (Å²) in [5, 5.41) is 4.41. The van der Waals surface area contributed by atoms with Gasteiger partial charge < -0.3 is 9.47 Å². The van der Waals surface area contributed by atoms with Crippen molar-refractivity contribution in [3.05, 3.63) is 11.9 Å². The molecule has 122 valence electrons. The van der Waals surface area contributed by atoms with Gasteiger partial charge in [0, 0.05) is 13.2 Å². The van der Waals surface area contributed by atoms with Gasteiger partial charge in [0.05, 0.1) is 25.5 Å². The minimum Gasteiger partial charge on any atom is -0.493 e. The molecule has 6 nitrogen and oxygen atoms in total. The van der Waals surface area contributed by atoms with Gasteiger partial charge in [0.15, 0.2) is 5.75 Å². The van der Waals surface area contributed by atoms with E-state index in [-0.39, 0.29) is 17.6 Å². The fourth-order valence-electron chi connectivity index (χ4n) is 2.57. The number of hydrogen-bond acceptors (Lipinski definition) is 5. The van der Waals surface area contributed by atoms with Crippen LogP contribution in [0.5, 0.6) is 5.75 Å². The summed E-state index contributed by atoms with van der Waals surface area (Å²) in [5.41, 5.74) is 3.77. The van der Waals surface area contributed by atoms with Crippen LogP contribution in [0.15, 0.2) is 6.20 Å². The molecule has 6 heteroatoms. The van der Waals surface area contributed by atoms with E-state index in [4.69, 9.17) is 15.3 Å². The van der Waals surface area contributed by atoms with Crippen LogP contribution in [0.4, 0.5) is 0 Å². The molecule has 1 rings (SSSR count). The number of hydrogen-bond donors (Lipinski definition) is 2. The fraction of sp³-hybridized carbons (Fsp3) is 0.800. The van der Waals surface area contributed by atoms with Crippen LogP contribution in [0, 0.1) is 5.41 Å². The number of nitrogens with one attached hydrogen (secondary N) is 1. The topological polar surface area (TPSA) is 74.3 Å². The van der Waals surface area contributed by atoms with Crippen molar-refractivity contribution in [2.24, 2.45) is 11.3 Å². The predicted octanol–water partition coefficient (Wildman–Crippen LogP) is 2.26. The maximum atomic E-state index is 5.98. The third-order valence-corrected chi connectivity index (χ3v) is 3.48. The fourth-order valence-corrected chi connectivity index (χ4v) is 2.57. The summed E-state index contributed by atoms with van der Waals surface area (Å²) in [6.07, 6.45) is 2.64. The first-order valence-electron chi connectivity index (χ1n) is 7.58. The minimum absolute atomic E-state index is 0.0701. The second-order valence-corrected chi connectivity index (χ2v) is 6.21. The number of methoxy groups -OCH3 is 1. The minimum atomic E-state index is -0.186. The maximum Gasteiger partial charge on any atom is 0.161 e. The van der Waals surface area contributed by atoms with E-state index in [9.17, 15) is 0 Å². The first-order chi connectivity index (χ1) is 9.90. The van der Waals surface area contributed by atoms with Gasteiger partial charge in [-0.05, 0) is 18.8 Å². The van der Waals surface area contributed by atoms with E-state index in [1.54, 1.807) is 13.3 Å². The summed E-state index contributed by atoms with van der Waals surface area (Å²) in [6, 6.07) is -0.186. The van der Waals surface area contributed by atoms with Crippen molar-refractivity contribution >= 4 is 0 Å². The average Bonchev–Trinajstić information content (AvgIpc) is 2.81. The molecule has 2 unspecified atom stereocenters. The SMILES string of the molecule is CCCn1ncc(OC)c1C(NN)C(OCC)C(C)(C)C. The molecule has 0 radical (unpaired) electrons. The van der Waals surface area contributed by atoms with Crippen molar-refractivity contribution in [3.8, 4) is 5.75 Å². The second kappa shape index (κ2) is 7.77. The van der Waals surface area contributed by atoms with Gasteiger partial charge in [-0.25, -0.2) is 5.43 Å². The monoisotopic (exact) mass is 298 g/mol. The molecule has 3 N–H and O–H groups in total. The third kappa shape index (κ3) is 4.18. The van der Waals surface area contributed by atoms with Gasteiger partial charge >= 0.3 is 0 Å². The summed E-state index contributed by atoms with van der Waals surface area (Å²) < 4.78 is 13.4. The summed E-state index contributed by atoms with van der Waals surface area (Å²) in [7, 11) is 1.65. The molecule has 0 bridgehead atoms. The van der Waals surface area contributed by atoms with Crippen molar-refractivity contribution in [1.29, 1.82) is 0 Å². The van der Waals surface area contributed by atoms with E-state index in [1.165, 1.54) is 0 Å². The molecular formula is C15H30N4O2. The van der Waals surface area contributed by atoms with Gasteiger partial charge in [0.2, 0.25) is 0 Å². The molecule has 0 fully saturated rings. The zero-order valence-corrected chi connectivity index (χ0v) is 14.1. The molecule has 0 aliphatic carbocycles. The quantitative estimate of drug-likeness (QED) is 0.569. The van der Waals surface area contributed by atoms with Crippen molar-refractivity contribution in [2.75, 3.05) is 13.7 Å². The highest BCUT2D eigenvalue weighted by Crippen LogP contribution is 2.36. The Labute approximate surface area is 128 Å². The van der Waals surface area contributed by atoms with Crippen molar-refractivity contribution in [1.82, 2.24) is 15.2 Å². The summed E-state index contributed by atoms with van der Waals surface area (Å²) >= 11 is 0. The summed E-state index contributed by atoms with van der Waals surface area (Å²) in [6.45, 7) is 12.0. The second-order valence-electron chi connectivity index (χ2n) is 6.21. The molecule has 0 aromatic carbocycles. The Morgan fingerprint density at radius 1 is 1.38 bits per heavy atom. The van der Waals surface area contributed by atoms with Gasteiger partial charge in [-0.1, -0.05) is 27.7 Å². The number of hydrazine groups is 1. The molecule has 1 aromatic heterocycles. The standard InChI is InChI=1S/C15H30N4O2/c1-7-9-19-13(11(20-6)10-17-19)12(18-16)14(21-8-2)15(3,4)5/h10,12,14,18H,7-9,16H2,1-6H3. The Hall–Kier alpha value is -1.11. The van der Waals surface area contributed by atoms with E-state index < -0.39 is 0 Å². The van der Waals surface area contributed by atoms with Gasteiger partial charge in [0.1, 0.15) is 5.69 Å². The molecule has 0 aliphatic rings. The molecule has 21 heavy (non-hydrogen) atoms. The number of aromatic nitrogens is 2. The number of ether oxygens (including phenoxy) is 2. The maximum absolute atomic E-state index is 5.98. The van der Waals surface area contributed by atoms with E-state index in [0.717, 1.165) is 24.4 Å². The molecular weight excluding hydrogens is 268 g/mol. The molecule has 1 heterocycles. The van der Waals surface area contributed by atoms with Crippen LogP contribution in [0.3, 0.4) is 0 Å². The largest absolute Gasteiger partial charge is 0.493 e. The van der Waals surface area contributed by atoms with E-state index in [0.29, 0.717) is 6.61 Å². The molecule has 2 atom stereocenters. The van der Waals surface area contributed by atoms with Crippen molar-refractivity contribution in [2.45, 2.75) is 59.7 Å². The van der Waals surface area contributed by atoms with Crippen molar-refractivity contribution < 1.29 is 9.47 Å². The zero-order chi connectivity index (χ0) is 16.0. The first-order valence-corrected chi connectivity index (χ1v) is 7.58. The number of nitrogens with two attached hydrogens (primary N) is 1. The van der Waals surface area contributed by atoms with Gasteiger partial charge in [-0.15, -0.1) is 0 Å². The number of rotatable bonds is 8. The van der Waals surface area contributed by atoms with Gasteiger partial charge in [0.25, 0.3) is 0 Å². The van der Waals surface area contributed by atoms with Crippen LogP contribution in [0.25, 0.3) is 0 Å². The molecule has 0 spiro atoms. The molecule has 0 amide bonds. The lowest BCUT2D eigenvalue weighted by Crippen LogP contribution is -2.45. The Morgan fingerprint density at radius 3 is 2.48 bits per heavy atom. The smallest absolute Gasteiger partial charge is 0.161 e.